The van der Waals surface area contributed by atoms with Crippen LogP contribution in [0, 0.1) is 0 Å². The Morgan fingerprint density at radius 3 is 2.58 bits per heavy atom. The quantitative estimate of drug-likeness (QED) is 0.560. The van der Waals surface area contributed by atoms with E-state index in [1.54, 1.807) is 12.1 Å². The van der Waals surface area contributed by atoms with Gasteiger partial charge < -0.3 is 16.2 Å². The molecule has 124 valence electrons. The first-order valence-corrected chi connectivity index (χ1v) is 8.26. The zero-order chi connectivity index (χ0) is 17.3. The van der Waals surface area contributed by atoms with E-state index in [-0.39, 0.29) is 5.75 Å². The molecule has 0 atom stereocenters. The van der Waals surface area contributed by atoms with Crippen molar-refractivity contribution >= 4 is 57.1 Å². The molecule has 0 radical (unpaired) electrons. The van der Waals surface area contributed by atoms with Gasteiger partial charge in [-0.2, -0.15) is 0 Å². The van der Waals surface area contributed by atoms with Crippen molar-refractivity contribution in [3.63, 3.8) is 0 Å². The van der Waals surface area contributed by atoms with Gasteiger partial charge in [0.05, 0.1) is 5.69 Å². The van der Waals surface area contributed by atoms with Crippen molar-refractivity contribution in [1.29, 1.82) is 0 Å². The molecule has 4 nitrogen and oxygen atoms in total. The number of hydrogen-bond donors (Lipinski definition) is 3. The minimum absolute atomic E-state index is 0.206. The summed E-state index contributed by atoms with van der Waals surface area (Å²) in [6, 6.07) is 12.9. The van der Waals surface area contributed by atoms with E-state index in [2.05, 4.69) is 10.3 Å². The number of aromatic nitrogens is 1. The van der Waals surface area contributed by atoms with Crippen LogP contribution in [-0.4, -0.2) is 10.1 Å². The van der Waals surface area contributed by atoms with E-state index in [4.69, 9.17) is 40.5 Å². The molecular weight excluding hydrogens is 369 g/mol. The predicted octanol–water partition coefficient (Wildman–Crippen LogP) is 4.96. The predicted molar refractivity (Wildman–Crippen MR) is 101 cm³/mol. The number of aromatic hydroxyl groups is 1. The molecule has 0 bridgehead atoms. The lowest BCUT2D eigenvalue weighted by Crippen LogP contribution is -2.08. The van der Waals surface area contributed by atoms with E-state index in [9.17, 15) is 5.11 Å². The number of nitrogens with one attached hydrogen (secondary N) is 1. The largest absolute Gasteiger partial charge is 0.508 e. The van der Waals surface area contributed by atoms with Gasteiger partial charge in [0.1, 0.15) is 11.6 Å². The molecule has 0 unspecified atom stereocenters. The zero-order valence-electron chi connectivity index (χ0n) is 12.4. The lowest BCUT2D eigenvalue weighted by atomic mass is 10.0. The van der Waals surface area contributed by atoms with Gasteiger partial charge in [-0.05, 0) is 22.9 Å². The number of fused-ring (bicyclic) bond motifs is 1. The molecule has 0 saturated carbocycles. The molecular formula is C17H14Cl3N3O. The normalized spacial score (nSPS) is 11.6. The number of nitrogens with zero attached hydrogens (tertiary/aromatic N) is 1. The van der Waals surface area contributed by atoms with Gasteiger partial charge in [0, 0.05) is 23.9 Å². The van der Waals surface area contributed by atoms with Crippen molar-refractivity contribution in [3.05, 3.63) is 59.8 Å². The third kappa shape index (κ3) is 3.46. The van der Waals surface area contributed by atoms with Crippen molar-refractivity contribution in [1.82, 2.24) is 4.98 Å². The Morgan fingerprint density at radius 2 is 1.88 bits per heavy atom. The maximum absolute atomic E-state index is 10.2. The fourth-order valence-electron chi connectivity index (χ4n) is 2.47. The summed E-state index contributed by atoms with van der Waals surface area (Å²) in [6.07, 6.45) is 1.45. The smallest absolute Gasteiger partial charge is 0.217 e. The second-order valence-corrected chi connectivity index (χ2v) is 7.58. The van der Waals surface area contributed by atoms with Gasteiger partial charge in [-0.1, -0.05) is 65.1 Å². The molecule has 4 N–H and O–H groups in total. The maximum atomic E-state index is 10.2. The van der Waals surface area contributed by atoms with Crippen LogP contribution in [0.5, 0.6) is 5.75 Å². The molecule has 0 saturated heterocycles. The van der Waals surface area contributed by atoms with Crippen molar-refractivity contribution in [2.45, 2.75) is 10.3 Å². The molecule has 1 aromatic heterocycles. The third-order valence-electron chi connectivity index (χ3n) is 3.69. The number of rotatable bonds is 3. The molecule has 0 fully saturated rings. The first-order chi connectivity index (χ1) is 11.4. The van der Waals surface area contributed by atoms with E-state index < -0.39 is 3.79 Å². The van der Waals surface area contributed by atoms with E-state index >= 15 is 0 Å². The van der Waals surface area contributed by atoms with Crippen molar-refractivity contribution in [3.8, 4) is 5.75 Å². The average molecular weight is 383 g/mol. The van der Waals surface area contributed by atoms with Crippen LogP contribution >= 0.6 is 34.8 Å². The van der Waals surface area contributed by atoms with Crippen molar-refractivity contribution in [2.24, 2.45) is 0 Å². The second-order valence-electron chi connectivity index (χ2n) is 5.30. The standard InChI is InChI=1S/C17H14Cl3N3O/c18-17(19,20)11-7-14(21)16(22-8-11)23-9-13-12-4-2-1-3-10(12)5-6-15(13)24/h1-8,24H,9,21H2,(H,22,23). The van der Waals surface area contributed by atoms with Crippen LogP contribution in [0.2, 0.25) is 0 Å². The van der Waals surface area contributed by atoms with Crippen LogP contribution in [0.4, 0.5) is 11.5 Å². The van der Waals surface area contributed by atoms with Gasteiger partial charge in [-0.25, -0.2) is 4.98 Å². The highest BCUT2D eigenvalue weighted by Crippen LogP contribution is 2.39. The molecule has 0 spiro atoms. The topological polar surface area (TPSA) is 71.2 Å². The Labute approximate surface area is 154 Å². The lowest BCUT2D eigenvalue weighted by Gasteiger charge is -2.15. The molecule has 1 heterocycles. The Balaban J connectivity index is 1.88. The summed E-state index contributed by atoms with van der Waals surface area (Å²) in [6.45, 7) is 0.359. The summed E-state index contributed by atoms with van der Waals surface area (Å²) in [5.74, 6) is 0.665. The summed E-state index contributed by atoms with van der Waals surface area (Å²) in [5, 5.41) is 15.3. The molecule has 24 heavy (non-hydrogen) atoms. The van der Waals surface area contributed by atoms with Gasteiger partial charge in [-0.3, -0.25) is 0 Å². The fourth-order valence-corrected chi connectivity index (χ4v) is 2.78. The highest BCUT2D eigenvalue weighted by atomic mass is 35.6. The number of benzene rings is 2. The Hall–Kier alpha value is -1.88. The van der Waals surface area contributed by atoms with Gasteiger partial charge in [0.15, 0.2) is 0 Å². The number of anilines is 2. The van der Waals surface area contributed by atoms with Gasteiger partial charge in [-0.15, -0.1) is 0 Å². The molecule has 0 aliphatic heterocycles. The summed E-state index contributed by atoms with van der Waals surface area (Å²) >= 11 is 17.5. The molecule has 7 heteroatoms. The maximum Gasteiger partial charge on any atom is 0.217 e. The summed E-state index contributed by atoms with van der Waals surface area (Å²) in [5.41, 5.74) is 7.49. The zero-order valence-corrected chi connectivity index (χ0v) is 14.7. The monoisotopic (exact) mass is 381 g/mol. The van der Waals surface area contributed by atoms with Crippen LogP contribution < -0.4 is 11.1 Å². The summed E-state index contributed by atoms with van der Waals surface area (Å²) < 4.78 is -1.58. The molecule has 0 amide bonds. The molecule has 3 rings (SSSR count). The molecule has 2 aromatic carbocycles. The van der Waals surface area contributed by atoms with E-state index in [0.29, 0.717) is 23.6 Å². The van der Waals surface area contributed by atoms with Crippen molar-refractivity contribution < 1.29 is 5.11 Å². The van der Waals surface area contributed by atoms with E-state index in [1.807, 2.05) is 30.3 Å². The number of pyridine rings is 1. The van der Waals surface area contributed by atoms with Crippen LogP contribution in [0.1, 0.15) is 11.1 Å². The number of nitrogen functional groups attached to an aromatic ring is 1. The summed E-state index contributed by atoms with van der Waals surface area (Å²) in [7, 11) is 0. The highest BCUT2D eigenvalue weighted by Gasteiger charge is 2.24. The van der Waals surface area contributed by atoms with Gasteiger partial charge in [0.2, 0.25) is 3.79 Å². The number of phenols is 1. The van der Waals surface area contributed by atoms with Gasteiger partial charge in [0.25, 0.3) is 0 Å². The van der Waals surface area contributed by atoms with E-state index in [0.717, 1.165) is 16.3 Å². The first-order valence-electron chi connectivity index (χ1n) is 7.12. The Kier molecular flexibility index (Phi) is 4.63. The van der Waals surface area contributed by atoms with E-state index in [1.165, 1.54) is 6.20 Å². The SMILES string of the molecule is Nc1cc(C(Cl)(Cl)Cl)cnc1NCc1c(O)ccc2ccccc12. The van der Waals surface area contributed by atoms with Crippen LogP contribution in [-0.2, 0) is 10.3 Å². The molecule has 0 aliphatic carbocycles. The highest BCUT2D eigenvalue weighted by molar-refractivity contribution is 6.66. The minimum atomic E-state index is -1.58. The number of nitrogens with two attached hydrogens (primary N) is 1. The lowest BCUT2D eigenvalue weighted by molar-refractivity contribution is 0.470. The van der Waals surface area contributed by atoms with Gasteiger partial charge >= 0.3 is 0 Å². The van der Waals surface area contributed by atoms with Crippen LogP contribution in [0.25, 0.3) is 10.8 Å². The Morgan fingerprint density at radius 1 is 1.12 bits per heavy atom. The van der Waals surface area contributed by atoms with Crippen LogP contribution in [0.3, 0.4) is 0 Å². The van der Waals surface area contributed by atoms with Crippen molar-refractivity contribution in [2.75, 3.05) is 11.1 Å². The average Bonchev–Trinajstić information content (AvgIpc) is 2.54. The van der Waals surface area contributed by atoms with Crippen LogP contribution in [0.15, 0.2) is 48.7 Å². The second kappa shape index (κ2) is 6.55. The number of halogens is 3. The Bertz CT molecular complexity index is 894. The number of alkyl halides is 3. The third-order valence-corrected chi connectivity index (χ3v) is 4.35. The number of phenolic OH excluding ortho intramolecular Hbond substituents is 1. The number of hydrogen-bond acceptors (Lipinski definition) is 4. The molecule has 0 aliphatic rings. The fraction of sp³-hybridized carbons (Fsp3) is 0.118. The first kappa shape index (κ1) is 17.0. The summed E-state index contributed by atoms with van der Waals surface area (Å²) in [4.78, 5) is 4.20. The minimum Gasteiger partial charge on any atom is -0.508 e. The molecule has 3 aromatic rings.